The van der Waals surface area contributed by atoms with E-state index in [0.29, 0.717) is 48.6 Å². The number of ether oxygens (including phenoxy) is 1. The van der Waals surface area contributed by atoms with Gasteiger partial charge in [0.1, 0.15) is 23.7 Å². The van der Waals surface area contributed by atoms with Crippen LogP contribution in [0.3, 0.4) is 0 Å². The van der Waals surface area contributed by atoms with E-state index < -0.39 is 16.0 Å². The van der Waals surface area contributed by atoms with Gasteiger partial charge >= 0.3 is 6.01 Å². The summed E-state index contributed by atoms with van der Waals surface area (Å²) in [6, 6.07) is 14.0. The van der Waals surface area contributed by atoms with Crippen LogP contribution in [0.15, 0.2) is 48.5 Å². The largest absolute Gasteiger partial charge is 0.508 e. The molecule has 3 N–H and O–H groups in total. The van der Waals surface area contributed by atoms with Gasteiger partial charge in [-0.1, -0.05) is 30.3 Å². The molecule has 3 atom stereocenters. The van der Waals surface area contributed by atoms with Crippen molar-refractivity contribution < 1.29 is 22.7 Å². The minimum atomic E-state index is -3.68. The molecule has 3 unspecified atom stereocenters. The van der Waals surface area contributed by atoms with Crippen molar-refractivity contribution in [2.24, 2.45) is 0 Å². The maximum absolute atomic E-state index is 16.9. The molecule has 13 heteroatoms. The number of phenolic OH excluding ortho intramolecular Hbond substituents is 1. The fraction of sp³-hybridized carbons (Fsp3) is 0.500. The second-order valence-corrected chi connectivity index (χ2v) is 16.1. The second kappa shape index (κ2) is 12.0. The summed E-state index contributed by atoms with van der Waals surface area (Å²) in [4.78, 5) is 14.3. The number of phenols is 1. The van der Waals surface area contributed by atoms with Crippen LogP contribution in [0.5, 0.6) is 11.8 Å². The van der Waals surface area contributed by atoms with Crippen LogP contribution in [0.25, 0.3) is 32.8 Å². The average Bonchev–Trinajstić information content (AvgIpc) is 3.88. The standard InChI is InChI=1S/C36H42FN7O4S/c37-32-29(31-18-27(45)17-23-5-1-2-6-28(23)31)9-10-30-33(32)39-35(48-22-36-12-3-15-43(36)16-4-13-36)40-34(30)42-20-25-7-8-26(21-42)44(25)49(46,47)41-24-11-14-38-19-24/h1-2,5-6,9-10,17-18,24-26,38,41,45H,3-4,7-8,11-16,19-22H2. The Morgan fingerprint density at radius 1 is 0.980 bits per heavy atom. The maximum atomic E-state index is 16.9. The first-order valence-corrected chi connectivity index (χ1v) is 19.1. The summed E-state index contributed by atoms with van der Waals surface area (Å²) < 4.78 is 55.1. The van der Waals surface area contributed by atoms with Crippen LogP contribution in [0, 0.1) is 5.82 Å². The first-order valence-electron chi connectivity index (χ1n) is 17.6. The third kappa shape index (κ3) is 5.41. The van der Waals surface area contributed by atoms with E-state index in [1.54, 1.807) is 22.5 Å². The Morgan fingerprint density at radius 3 is 2.51 bits per heavy atom. The van der Waals surface area contributed by atoms with E-state index in [1.807, 2.05) is 30.3 Å². The quantitative estimate of drug-likeness (QED) is 0.251. The molecule has 0 saturated carbocycles. The van der Waals surface area contributed by atoms with Crippen LogP contribution < -0.4 is 19.7 Å². The highest BCUT2D eigenvalue weighted by atomic mass is 32.2. The van der Waals surface area contributed by atoms with Gasteiger partial charge in [-0.05, 0) is 99.1 Å². The number of aromatic hydroxyl groups is 1. The van der Waals surface area contributed by atoms with E-state index in [9.17, 15) is 13.5 Å². The SMILES string of the molecule is O=S(=O)(NC1CCNC1)N1C2CCC1CN(c1nc(OCC34CCCN3CCC4)nc3c(F)c(-c4cc(O)cc5ccccc45)ccc13)C2. The topological polar surface area (TPSA) is 123 Å². The van der Waals surface area contributed by atoms with Gasteiger partial charge < -0.3 is 20.1 Å². The van der Waals surface area contributed by atoms with Gasteiger partial charge in [-0.3, -0.25) is 4.90 Å². The van der Waals surface area contributed by atoms with E-state index >= 15 is 4.39 Å². The number of rotatable bonds is 8. The van der Waals surface area contributed by atoms with E-state index in [1.165, 1.54) is 0 Å². The summed E-state index contributed by atoms with van der Waals surface area (Å²) in [6.45, 7) is 4.87. The zero-order chi connectivity index (χ0) is 33.3. The Balaban J connectivity index is 1.10. The van der Waals surface area contributed by atoms with Gasteiger partial charge in [0.25, 0.3) is 10.2 Å². The summed E-state index contributed by atoms with van der Waals surface area (Å²) in [5.74, 6) is 0.0988. The number of halogens is 1. The lowest BCUT2D eigenvalue weighted by Gasteiger charge is -2.41. The number of hydrogen-bond donors (Lipinski definition) is 3. The number of piperazine rings is 1. The zero-order valence-corrected chi connectivity index (χ0v) is 28.3. The monoisotopic (exact) mass is 687 g/mol. The van der Waals surface area contributed by atoms with Crippen LogP contribution >= 0.6 is 0 Å². The van der Waals surface area contributed by atoms with Crippen molar-refractivity contribution in [3.8, 4) is 22.9 Å². The molecule has 5 fully saturated rings. The Hall–Kier alpha value is -3.62. The first-order chi connectivity index (χ1) is 23.8. The van der Waals surface area contributed by atoms with Crippen LogP contribution in [0.1, 0.15) is 44.9 Å². The first kappa shape index (κ1) is 31.4. The Bertz CT molecular complexity index is 2020. The smallest absolute Gasteiger partial charge is 0.319 e. The molecule has 0 amide bonds. The number of benzene rings is 3. The molecule has 5 aliphatic rings. The minimum Gasteiger partial charge on any atom is -0.508 e. The van der Waals surface area contributed by atoms with Crippen molar-refractivity contribution in [3.05, 3.63) is 54.3 Å². The number of anilines is 1. The van der Waals surface area contributed by atoms with E-state index in [-0.39, 0.29) is 40.9 Å². The molecule has 0 spiro atoms. The van der Waals surface area contributed by atoms with Crippen LogP contribution in [-0.2, 0) is 10.2 Å². The van der Waals surface area contributed by atoms with Crippen molar-refractivity contribution >= 4 is 37.7 Å². The summed E-state index contributed by atoms with van der Waals surface area (Å²) in [7, 11) is -3.68. The molecule has 49 heavy (non-hydrogen) atoms. The molecular weight excluding hydrogens is 646 g/mol. The Morgan fingerprint density at radius 2 is 1.76 bits per heavy atom. The van der Waals surface area contributed by atoms with Gasteiger partial charge in [-0.15, -0.1) is 0 Å². The van der Waals surface area contributed by atoms with Gasteiger partial charge in [0.05, 0.1) is 5.54 Å². The third-order valence-electron chi connectivity index (χ3n) is 11.6. The van der Waals surface area contributed by atoms with Gasteiger partial charge in [0.2, 0.25) is 0 Å². The fourth-order valence-electron chi connectivity index (χ4n) is 9.27. The van der Waals surface area contributed by atoms with Crippen LogP contribution in [0.2, 0.25) is 0 Å². The highest BCUT2D eigenvalue weighted by molar-refractivity contribution is 7.87. The lowest BCUT2D eigenvalue weighted by molar-refractivity contribution is 0.108. The lowest BCUT2D eigenvalue weighted by atomic mass is 9.95. The molecule has 0 radical (unpaired) electrons. The maximum Gasteiger partial charge on any atom is 0.319 e. The summed E-state index contributed by atoms with van der Waals surface area (Å²) in [5, 5.41) is 16.0. The molecule has 2 bridgehead atoms. The highest BCUT2D eigenvalue weighted by Gasteiger charge is 2.48. The molecule has 9 rings (SSSR count). The van der Waals surface area contributed by atoms with Gasteiger partial charge in [0, 0.05) is 48.7 Å². The average molecular weight is 688 g/mol. The van der Waals surface area contributed by atoms with E-state index in [2.05, 4.69) is 19.8 Å². The van der Waals surface area contributed by atoms with Crippen molar-refractivity contribution in [3.63, 3.8) is 0 Å². The number of hydrogen-bond acceptors (Lipinski definition) is 9. The number of fused-ring (bicyclic) bond motifs is 5. The fourth-order valence-corrected chi connectivity index (χ4v) is 11.1. The van der Waals surface area contributed by atoms with Gasteiger partial charge in [-0.25, -0.2) is 4.39 Å². The molecule has 3 aromatic carbocycles. The summed E-state index contributed by atoms with van der Waals surface area (Å²) in [5.41, 5.74) is 1.01. The Kier molecular flexibility index (Phi) is 7.69. The van der Waals surface area contributed by atoms with Crippen LogP contribution in [-0.4, -0.2) is 102 Å². The molecule has 0 aliphatic carbocycles. The molecule has 11 nitrogen and oxygen atoms in total. The Labute approximate surface area is 285 Å². The molecule has 5 aliphatic heterocycles. The molecule has 6 heterocycles. The van der Waals surface area contributed by atoms with E-state index in [0.717, 1.165) is 75.4 Å². The van der Waals surface area contributed by atoms with Gasteiger partial charge in [0.15, 0.2) is 5.82 Å². The zero-order valence-electron chi connectivity index (χ0n) is 27.4. The molecule has 4 aromatic rings. The summed E-state index contributed by atoms with van der Waals surface area (Å²) >= 11 is 0. The minimum absolute atomic E-state index is 0.0414. The number of nitrogens with zero attached hydrogens (tertiary/aromatic N) is 5. The number of nitrogens with one attached hydrogen (secondary N) is 2. The highest BCUT2D eigenvalue weighted by Crippen LogP contribution is 2.42. The summed E-state index contributed by atoms with van der Waals surface area (Å²) in [6.07, 6.45) is 6.64. The number of aromatic nitrogens is 2. The van der Waals surface area contributed by atoms with Gasteiger partial charge in [-0.2, -0.15) is 27.4 Å². The van der Waals surface area contributed by atoms with Crippen molar-refractivity contribution in [2.45, 2.75) is 68.6 Å². The predicted octanol–water partition coefficient (Wildman–Crippen LogP) is 4.15. The predicted molar refractivity (Wildman–Crippen MR) is 187 cm³/mol. The normalized spacial score (nSPS) is 25.5. The van der Waals surface area contributed by atoms with Crippen molar-refractivity contribution in [1.82, 2.24) is 29.2 Å². The second-order valence-electron chi connectivity index (χ2n) is 14.5. The van der Waals surface area contributed by atoms with Crippen LogP contribution in [0.4, 0.5) is 10.2 Å². The molecule has 258 valence electrons. The van der Waals surface area contributed by atoms with Crippen molar-refractivity contribution in [2.75, 3.05) is 50.8 Å². The van der Waals surface area contributed by atoms with E-state index in [4.69, 9.17) is 14.7 Å². The molecular formula is C36H42FN7O4S. The lowest BCUT2D eigenvalue weighted by Crippen LogP contribution is -2.59. The van der Waals surface area contributed by atoms with Crippen molar-refractivity contribution in [1.29, 1.82) is 0 Å². The third-order valence-corrected chi connectivity index (χ3v) is 13.3. The molecule has 1 aromatic heterocycles. The molecule has 5 saturated heterocycles.